The Morgan fingerprint density at radius 1 is 1.26 bits per heavy atom. The Kier molecular flexibility index (Phi) is 6.30. The average molecular weight is 378 g/mol. The van der Waals surface area contributed by atoms with Crippen LogP contribution in [0.25, 0.3) is 0 Å². The van der Waals surface area contributed by atoms with E-state index in [0.717, 1.165) is 5.56 Å². The van der Waals surface area contributed by atoms with E-state index in [1.165, 1.54) is 0 Å². The summed E-state index contributed by atoms with van der Waals surface area (Å²) < 4.78 is 11.4. The fourth-order valence-corrected chi connectivity index (χ4v) is 3.07. The number of amides is 3. The summed E-state index contributed by atoms with van der Waals surface area (Å²) in [6.45, 7) is 11.6. The van der Waals surface area contributed by atoms with E-state index < -0.39 is 17.4 Å². The molecular formula is C19H30N4O4. The first-order valence-electron chi connectivity index (χ1n) is 9.10. The monoisotopic (exact) mass is 378 g/mol. The molecule has 150 valence electrons. The number of rotatable bonds is 4. The van der Waals surface area contributed by atoms with Crippen molar-refractivity contribution >= 4 is 12.1 Å². The largest absolute Gasteiger partial charge is 0.444 e. The molecular weight excluding hydrogens is 348 g/mol. The summed E-state index contributed by atoms with van der Waals surface area (Å²) in [6, 6.07) is 3.02. The van der Waals surface area contributed by atoms with Crippen LogP contribution in [0.15, 0.2) is 24.5 Å². The third kappa shape index (κ3) is 5.82. The Labute approximate surface area is 160 Å². The molecule has 3 amide bonds. The van der Waals surface area contributed by atoms with Crippen LogP contribution < -0.4 is 10.6 Å². The molecule has 8 heteroatoms. The van der Waals surface area contributed by atoms with Crippen molar-refractivity contribution < 1.29 is 19.1 Å². The smallest absolute Gasteiger partial charge is 0.412 e. The summed E-state index contributed by atoms with van der Waals surface area (Å²) in [7, 11) is 0. The topological polar surface area (TPSA) is 92.8 Å². The van der Waals surface area contributed by atoms with Gasteiger partial charge in [-0.1, -0.05) is 0 Å². The molecule has 1 aliphatic heterocycles. The first kappa shape index (κ1) is 21.0. The standard InChI is InChI=1S/C19H30N4O4/c1-13-15(12-22-16(24)21-11-14-7-9-20-10-8-14)23(19(5,6)26-13)17(25)27-18(2,3)4/h7-10,13,15H,11-12H2,1-6H3,(H2,21,22,24)/t13-,15+/m1/s1. The van der Waals surface area contributed by atoms with Crippen LogP contribution in [0.3, 0.4) is 0 Å². The Balaban J connectivity index is 1.95. The molecule has 0 saturated carbocycles. The number of pyridine rings is 1. The Bertz CT molecular complexity index is 657. The molecule has 1 aromatic rings. The molecule has 27 heavy (non-hydrogen) atoms. The highest BCUT2D eigenvalue weighted by Gasteiger charge is 2.49. The van der Waals surface area contributed by atoms with E-state index in [1.54, 1.807) is 17.3 Å². The SMILES string of the molecule is C[C@H]1OC(C)(C)N(C(=O)OC(C)(C)C)[C@H]1CNC(=O)NCc1ccncc1. The van der Waals surface area contributed by atoms with Crippen LogP contribution in [0.2, 0.25) is 0 Å². The Hall–Kier alpha value is -2.35. The van der Waals surface area contributed by atoms with Crippen molar-refractivity contribution in [2.75, 3.05) is 6.54 Å². The second kappa shape index (κ2) is 8.12. The lowest BCUT2D eigenvalue weighted by Crippen LogP contribution is -2.54. The molecule has 1 aromatic heterocycles. The number of nitrogens with zero attached hydrogens (tertiary/aromatic N) is 2. The molecule has 2 heterocycles. The van der Waals surface area contributed by atoms with Crippen molar-refractivity contribution in [2.24, 2.45) is 0 Å². The fraction of sp³-hybridized carbons (Fsp3) is 0.632. The number of urea groups is 1. The van der Waals surface area contributed by atoms with E-state index >= 15 is 0 Å². The third-order valence-corrected chi connectivity index (χ3v) is 4.19. The highest BCUT2D eigenvalue weighted by Crippen LogP contribution is 2.33. The predicted molar refractivity (Wildman–Crippen MR) is 101 cm³/mol. The quantitative estimate of drug-likeness (QED) is 0.840. The van der Waals surface area contributed by atoms with Gasteiger partial charge in [-0.05, 0) is 59.2 Å². The number of ether oxygens (including phenoxy) is 2. The normalized spacial score (nSPS) is 21.6. The third-order valence-electron chi connectivity index (χ3n) is 4.19. The molecule has 0 unspecified atom stereocenters. The number of nitrogens with one attached hydrogen (secondary N) is 2. The molecule has 1 fully saturated rings. The van der Waals surface area contributed by atoms with Crippen LogP contribution in [0, 0.1) is 0 Å². The number of carbonyl (C=O) groups is 2. The summed E-state index contributed by atoms with van der Waals surface area (Å²) in [4.78, 5) is 30.3. The van der Waals surface area contributed by atoms with Gasteiger partial charge in [0.2, 0.25) is 0 Å². The van der Waals surface area contributed by atoms with Crippen molar-refractivity contribution in [2.45, 2.75) is 71.6 Å². The average Bonchev–Trinajstić information content (AvgIpc) is 2.78. The molecule has 2 atom stereocenters. The first-order chi connectivity index (χ1) is 12.5. The number of aromatic nitrogens is 1. The molecule has 1 saturated heterocycles. The predicted octanol–water partition coefficient (Wildman–Crippen LogP) is 2.64. The van der Waals surface area contributed by atoms with E-state index in [1.807, 2.05) is 53.7 Å². The summed E-state index contributed by atoms with van der Waals surface area (Å²) in [5.41, 5.74) is -0.477. The molecule has 1 aliphatic rings. The number of hydrogen-bond acceptors (Lipinski definition) is 5. The highest BCUT2D eigenvalue weighted by atomic mass is 16.6. The highest BCUT2D eigenvalue weighted by molar-refractivity contribution is 5.74. The van der Waals surface area contributed by atoms with Crippen LogP contribution in [0.5, 0.6) is 0 Å². The van der Waals surface area contributed by atoms with Crippen LogP contribution in [-0.2, 0) is 16.0 Å². The van der Waals surface area contributed by atoms with Gasteiger partial charge in [0.05, 0.1) is 12.1 Å². The molecule has 0 aromatic carbocycles. The van der Waals surface area contributed by atoms with Gasteiger partial charge in [0.1, 0.15) is 11.3 Å². The minimum absolute atomic E-state index is 0.243. The van der Waals surface area contributed by atoms with Gasteiger partial charge in [0.25, 0.3) is 0 Å². The summed E-state index contributed by atoms with van der Waals surface area (Å²) >= 11 is 0. The Morgan fingerprint density at radius 3 is 2.48 bits per heavy atom. The van der Waals surface area contributed by atoms with Crippen molar-refractivity contribution in [1.82, 2.24) is 20.5 Å². The molecule has 0 aliphatic carbocycles. The second-order valence-electron chi connectivity index (χ2n) is 8.11. The van der Waals surface area contributed by atoms with Gasteiger partial charge in [0, 0.05) is 25.5 Å². The maximum atomic E-state index is 12.7. The lowest BCUT2D eigenvalue weighted by Gasteiger charge is -2.35. The van der Waals surface area contributed by atoms with Gasteiger partial charge in [-0.3, -0.25) is 9.88 Å². The van der Waals surface area contributed by atoms with Crippen molar-refractivity contribution in [1.29, 1.82) is 0 Å². The minimum atomic E-state index is -0.818. The zero-order chi connectivity index (χ0) is 20.2. The van der Waals surface area contributed by atoms with E-state index in [-0.39, 0.29) is 24.7 Å². The van der Waals surface area contributed by atoms with Gasteiger partial charge in [0.15, 0.2) is 0 Å². The maximum absolute atomic E-state index is 12.7. The zero-order valence-electron chi connectivity index (χ0n) is 16.9. The minimum Gasteiger partial charge on any atom is -0.444 e. The van der Waals surface area contributed by atoms with E-state index in [4.69, 9.17) is 9.47 Å². The van der Waals surface area contributed by atoms with E-state index in [0.29, 0.717) is 6.54 Å². The summed E-state index contributed by atoms with van der Waals surface area (Å²) in [5.74, 6) is 0. The van der Waals surface area contributed by atoms with Crippen molar-refractivity contribution in [3.05, 3.63) is 30.1 Å². The lowest BCUT2D eigenvalue weighted by molar-refractivity contribution is -0.0756. The van der Waals surface area contributed by atoms with Gasteiger partial charge in [-0.2, -0.15) is 0 Å². The van der Waals surface area contributed by atoms with Gasteiger partial charge in [-0.15, -0.1) is 0 Å². The van der Waals surface area contributed by atoms with Gasteiger partial charge < -0.3 is 20.1 Å². The second-order valence-corrected chi connectivity index (χ2v) is 8.11. The lowest BCUT2D eigenvalue weighted by atomic mass is 10.1. The van der Waals surface area contributed by atoms with Gasteiger partial charge >= 0.3 is 12.1 Å². The zero-order valence-corrected chi connectivity index (χ0v) is 16.9. The number of hydrogen-bond donors (Lipinski definition) is 2. The molecule has 0 radical (unpaired) electrons. The van der Waals surface area contributed by atoms with Crippen LogP contribution in [-0.4, -0.2) is 52.0 Å². The van der Waals surface area contributed by atoms with E-state index in [9.17, 15) is 9.59 Å². The molecule has 0 spiro atoms. The first-order valence-corrected chi connectivity index (χ1v) is 9.10. The van der Waals surface area contributed by atoms with Crippen LogP contribution in [0.1, 0.15) is 47.1 Å². The van der Waals surface area contributed by atoms with Crippen LogP contribution in [0.4, 0.5) is 9.59 Å². The maximum Gasteiger partial charge on any atom is 0.412 e. The molecule has 8 nitrogen and oxygen atoms in total. The summed E-state index contributed by atoms with van der Waals surface area (Å²) in [6.07, 6.45) is 2.65. The van der Waals surface area contributed by atoms with Gasteiger partial charge in [-0.25, -0.2) is 9.59 Å². The fourth-order valence-electron chi connectivity index (χ4n) is 3.07. The van der Waals surface area contributed by atoms with Crippen molar-refractivity contribution in [3.8, 4) is 0 Å². The van der Waals surface area contributed by atoms with E-state index in [2.05, 4.69) is 15.6 Å². The Morgan fingerprint density at radius 2 is 1.89 bits per heavy atom. The number of carbonyl (C=O) groups excluding carboxylic acids is 2. The molecule has 2 N–H and O–H groups in total. The molecule has 2 rings (SSSR count). The van der Waals surface area contributed by atoms with Crippen molar-refractivity contribution in [3.63, 3.8) is 0 Å². The molecule has 0 bridgehead atoms. The van der Waals surface area contributed by atoms with Crippen LogP contribution >= 0.6 is 0 Å². The summed E-state index contributed by atoms with van der Waals surface area (Å²) in [5, 5.41) is 5.60.